The second-order valence-corrected chi connectivity index (χ2v) is 5.38. The lowest BCUT2D eigenvalue weighted by Crippen LogP contribution is -2.02. The van der Waals surface area contributed by atoms with Gasteiger partial charge in [-0.1, -0.05) is 0 Å². The second-order valence-electron chi connectivity index (χ2n) is 4.53. The number of anilines is 1. The van der Waals surface area contributed by atoms with Crippen molar-refractivity contribution >= 4 is 21.7 Å². The minimum absolute atomic E-state index is 0.176. The van der Waals surface area contributed by atoms with Crippen molar-refractivity contribution < 1.29 is 8.78 Å². The number of nitrogen functional groups attached to an aromatic ring is 1. The molecule has 3 nitrogen and oxygen atoms in total. The second kappa shape index (κ2) is 4.52. The molecule has 6 heteroatoms. The molecule has 1 aliphatic carbocycles. The molecule has 0 radical (unpaired) electrons. The van der Waals surface area contributed by atoms with Crippen molar-refractivity contribution in [2.24, 2.45) is 0 Å². The molecule has 1 aromatic carbocycles. The summed E-state index contributed by atoms with van der Waals surface area (Å²) in [7, 11) is 0. The number of nitrogens with zero attached hydrogens (tertiary/aromatic N) is 2. The molecule has 1 fully saturated rings. The predicted octanol–water partition coefficient (Wildman–Crippen LogP) is 3.64. The molecule has 0 unspecified atom stereocenters. The van der Waals surface area contributed by atoms with Crippen LogP contribution >= 0.6 is 15.9 Å². The highest BCUT2D eigenvalue weighted by Crippen LogP contribution is 2.39. The van der Waals surface area contributed by atoms with Crippen molar-refractivity contribution in [3.8, 4) is 11.3 Å². The van der Waals surface area contributed by atoms with E-state index in [0.717, 1.165) is 12.8 Å². The molecule has 3 rings (SSSR count). The highest BCUT2D eigenvalue weighted by atomic mass is 79.9. The van der Waals surface area contributed by atoms with Gasteiger partial charge in [0.2, 0.25) is 0 Å². The zero-order valence-corrected chi connectivity index (χ0v) is 11.4. The Morgan fingerprint density at radius 2 is 1.95 bits per heavy atom. The molecule has 1 heterocycles. The van der Waals surface area contributed by atoms with Crippen molar-refractivity contribution in [3.63, 3.8) is 0 Å². The van der Waals surface area contributed by atoms with Gasteiger partial charge in [-0.2, -0.15) is 0 Å². The van der Waals surface area contributed by atoms with Crippen molar-refractivity contribution in [1.29, 1.82) is 0 Å². The van der Waals surface area contributed by atoms with E-state index in [0.29, 0.717) is 5.82 Å². The monoisotopic (exact) mass is 325 g/mol. The SMILES string of the molecule is Nc1cc(-c2c(F)ccc(Br)c2F)nc(C2CC2)n1. The lowest BCUT2D eigenvalue weighted by molar-refractivity contribution is 0.584. The number of hydrogen-bond donors (Lipinski definition) is 1. The molecule has 0 atom stereocenters. The van der Waals surface area contributed by atoms with E-state index in [2.05, 4.69) is 25.9 Å². The minimum Gasteiger partial charge on any atom is -0.384 e. The van der Waals surface area contributed by atoms with Gasteiger partial charge in [0.25, 0.3) is 0 Å². The van der Waals surface area contributed by atoms with Crippen molar-refractivity contribution in [3.05, 3.63) is 40.1 Å². The van der Waals surface area contributed by atoms with Gasteiger partial charge in [-0.25, -0.2) is 18.7 Å². The molecule has 98 valence electrons. The summed E-state index contributed by atoms with van der Waals surface area (Å²) in [5, 5.41) is 0. The topological polar surface area (TPSA) is 51.8 Å². The zero-order chi connectivity index (χ0) is 13.6. The van der Waals surface area contributed by atoms with Crippen LogP contribution < -0.4 is 5.73 Å². The summed E-state index contributed by atoms with van der Waals surface area (Å²) < 4.78 is 28.1. The summed E-state index contributed by atoms with van der Waals surface area (Å²) in [5.74, 6) is -0.291. The average Bonchev–Trinajstić information content (AvgIpc) is 3.18. The van der Waals surface area contributed by atoms with Gasteiger partial charge in [-0.05, 0) is 40.9 Å². The highest BCUT2D eigenvalue weighted by Gasteiger charge is 2.28. The number of halogens is 3. The maximum Gasteiger partial charge on any atom is 0.149 e. The molecule has 0 aliphatic heterocycles. The first-order valence-corrected chi connectivity index (χ1v) is 6.64. The molecule has 2 aromatic rings. The Bertz CT molecular complexity index is 657. The standard InChI is InChI=1S/C13H10BrF2N3/c14-7-3-4-8(15)11(12(7)16)9-5-10(17)19-13(18-9)6-1-2-6/h3-6H,1-2H2,(H2,17,18,19). The maximum absolute atomic E-state index is 14.0. The fourth-order valence-electron chi connectivity index (χ4n) is 1.90. The molecular formula is C13H10BrF2N3. The number of aromatic nitrogens is 2. The van der Waals surface area contributed by atoms with Crippen LogP contribution in [0.15, 0.2) is 22.7 Å². The Morgan fingerprint density at radius 1 is 1.21 bits per heavy atom. The normalized spacial score (nSPS) is 14.7. The van der Waals surface area contributed by atoms with Crippen LogP contribution in [0.25, 0.3) is 11.3 Å². The third kappa shape index (κ3) is 2.32. The first-order chi connectivity index (χ1) is 9.06. The van der Waals surface area contributed by atoms with Crippen LogP contribution in [0.1, 0.15) is 24.6 Å². The number of benzene rings is 1. The van der Waals surface area contributed by atoms with Gasteiger partial charge in [0.1, 0.15) is 23.3 Å². The van der Waals surface area contributed by atoms with Crippen molar-refractivity contribution in [2.75, 3.05) is 5.73 Å². The Hall–Kier alpha value is -1.56. The van der Waals surface area contributed by atoms with Crippen LogP contribution in [0.2, 0.25) is 0 Å². The molecule has 19 heavy (non-hydrogen) atoms. The maximum atomic E-state index is 14.0. The van der Waals surface area contributed by atoms with Gasteiger partial charge >= 0.3 is 0 Å². The van der Waals surface area contributed by atoms with Crippen LogP contribution in [0.4, 0.5) is 14.6 Å². The van der Waals surface area contributed by atoms with Crippen molar-refractivity contribution in [2.45, 2.75) is 18.8 Å². The van der Waals surface area contributed by atoms with E-state index in [9.17, 15) is 8.78 Å². The van der Waals surface area contributed by atoms with E-state index >= 15 is 0 Å². The van der Waals surface area contributed by atoms with Crippen LogP contribution in [-0.4, -0.2) is 9.97 Å². The summed E-state index contributed by atoms with van der Waals surface area (Å²) in [6.07, 6.45) is 1.98. The molecule has 0 bridgehead atoms. The summed E-state index contributed by atoms with van der Waals surface area (Å²) in [6, 6.07) is 3.90. The smallest absolute Gasteiger partial charge is 0.149 e. The van der Waals surface area contributed by atoms with E-state index in [1.54, 1.807) is 0 Å². The first kappa shape index (κ1) is 12.5. The Morgan fingerprint density at radius 3 is 2.63 bits per heavy atom. The molecular weight excluding hydrogens is 316 g/mol. The molecule has 1 saturated carbocycles. The molecule has 1 aliphatic rings. The largest absolute Gasteiger partial charge is 0.384 e. The van der Waals surface area contributed by atoms with Crippen LogP contribution in [0.3, 0.4) is 0 Å². The summed E-state index contributed by atoms with van der Waals surface area (Å²) in [6.45, 7) is 0. The predicted molar refractivity (Wildman–Crippen MR) is 71.5 cm³/mol. The Kier molecular flexibility index (Phi) is 2.97. The number of rotatable bonds is 2. The van der Waals surface area contributed by atoms with E-state index in [1.807, 2.05) is 0 Å². The van der Waals surface area contributed by atoms with Crippen molar-refractivity contribution in [1.82, 2.24) is 9.97 Å². The molecule has 0 spiro atoms. The fourth-order valence-corrected chi connectivity index (χ4v) is 2.23. The summed E-state index contributed by atoms with van der Waals surface area (Å²) >= 11 is 3.04. The third-order valence-corrected chi connectivity index (χ3v) is 3.62. The molecule has 0 amide bonds. The van der Waals surface area contributed by atoms with Crippen LogP contribution in [0, 0.1) is 11.6 Å². The quantitative estimate of drug-likeness (QED) is 0.857. The molecule has 0 saturated heterocycles. The molecule has 2 N–H and O–H groups in total. The third-order valence-electron chi connectivity index (χ3n) is 3.01. The van der Waals surface area contributed by atoms with Gasteiger partial charge in [-0.15, -0.1) is 0 Å². The number of nitrogens with two attached hydrogens (primary N) is 1. The van der Waals surface area contributed by atoms with Gasteiger partial charge in [0.05, 0.1) is 15.7 Å². The minimum atomic E-state index is -0.681. The summed E-state index contributed by atoms with van der Waals surface area (Å²) in [4.78, 5) is 8.35. The summed E-state index contributed by atoms with van der Waals surface area (Å²) in [5.41, 5.74) is 5.70. The van der Waals surface area contributed by atoms with Gasteiger partial charge in [0, 0.05) is 12.0 Å². The van der Waals surface area contributed by atoms with Crippen LogP contribution in [0.5, 0.6) is 0 Å². The lowest BCUT2D eigenvalue weighted by atomic mass is 10.1. The molecule has 1 aromatic heterocycles. The Balaban J connectivity index is 2.19. The van der Waals surface area contributed by atoms with E-state index in [4.69, 9.17) is 5.73 Å². The van der Waals surface area contributed by atoms with E-state index < -0.39 is 11.6 Å². The highest BCUT2D eigenvalue weighted by molar-refractivity contribution is 9.10. The van der Waals surface area contributed by atoms with Gasteiger partial charge in [0.15, 0.2) is 0 Å². The van der Waals surface area contributed by atoms with Gasteiger partial charge in [-0.3, -0.25) is 0 Å². The Labute approximate surface area is 117 Å². The zero-order valence-electron chi connectivity index (χ0n) is 9.83. The lowest BCUT2D eigenvalue weighted by Gasteiger charge is -2.08. The van der Waals surface area contributed by atoms with Gasteiger partial charge < -0.3 is 5.73 Å². The first-order valence-electron chi connectivity index (χ1n) is 5.84. The van der Waals surface area contributed by atoms with Crippen LogP contribution in [-0.2, 0) is 0 Å². The van der Waals surface area contributed by atoms with E-state index in [-0.39, 0.29) is 27.5 Å². The average molecular weight is 326 g/mol. The number of hydrogen-bond acceptors (Lipinski definition) is 3. The van der Waals surface area contributed by atoms with E-state index in [1.165, 1.54) is 18.2 Å². The fraction of sp³-hybridized carbons (Fsp3) is 0.231.